The summed E-state index contributed by atoms with van der Waals surface area (Å²) in [6.07, 6.45) is 4.05. The van der Waals surface area contributed by atoms with Gasteiger partial charge in [-0.15, -0.1) is 0 Å². The van der Waals surface area contributed by atoms with E-state index in [4.69, 9.17) is 0 Å². The Morgan fingerprint density at radius 3 is 2.50 bits per heavy atom. The minimum Gasteiger partial charge on any atom is -0.288 e. The highest BCUT2D eigenvalue weighted by molar-refractivity contribution is 5.76. The van der Waals surface area contributed by atoms with Gasteiger partial charge in [-0.25, -0.2) is 0 Å². The van der Waals surface area contributed by atoms with Crippen LogP contribution < -0.4 is 0 Å². The number of hydrogen-bond acceptors (Lipinski definition) is 1. The van der Waals surface area contributed by atoms with E-state index in [1.165, 1.54) is 16.7 Å². The molecule has 0 amide bonds. The minimum atomic E-state index is 0.613. The summed E-state index contributed by atoms with van der Waals surface area (Å²) in [6, 6.07) is 0. The molecule has 12 heavy (non-hydrogen) atoms. The molecule has 0 bridgehead atoms. The Morgan fingerprint density at radius 2 is 2.08 bits per heavy atom. The van der Waals surface area contributed by atoms with Crippen molar-refractivity contribution >= 4 is 6.21 Å². The van der Waals surface area contributed by atoms with Gasteiger partial charge in [-0.05, 0) is 37.0 Å². The van der Waals surface area contributed by atoms with Crippen LogP contribution in [0.2, 0.25) is 0 Å². The van der Waals surface area contributed by atoms with Gasteiger partial charge in [0, 0.05) is 6.21 Å². The topological polar surface area (TPSA) is 12.4 Å². The molecule has 0 fully saturated rings. The maximum absolute atomic E-state index is 4.25. The summed E-state index contributed by atoms with van der Waals surface area (Å²) in [4.78, 5) is 4.25. The molecule has 1 heterocycles. The average molecular weight is 163 g/mol. The van der Waals surface area contributed by atoms with Gasteiger partial charge in [-0.1, -0.05) is 19.4 Å². The number of nitrogens with zero attached hydrogens (tertiary/aromatic N) is 1. The summed E-state index contributed by atoms with van der Waals surface area (Å²) in [6.45, 7) is 9.65. The van der Waals surface area contributed by atoms with Crippen LogP contribution in [-0.4, -0.2) is 12.8 Å². The predicted molar refractivity (Wildman–Crippen MR) is 54.7 cm³/mol. The summed E-state index contributed by atoms with van der Waals surface area (Å²) in [7, 11) is 0. The third-order valence-corrected chi connectivity index (χ3v) is 2.18. The molecule has 0 atom stereocenters. The molecular weight excluding hydrogens is 146 g/mol. The Kier molecular flexibility index (Phi) is 2.85. The lowest BCUT2D eigenvalue weighted by atomic mass is 9.91. The first kappa shape index (κ1) is 9.24. The van der Waals surface area contributed by atoms with Crippen molar-refractivity contribution in [3.05, 3.63) is 22.8 Å². The van der Waals surface area contributed by atoms with Gasteiger partial charge in [0.15, 0.2) is 0 Å². The van der Waals surface area contributed by atoms with Crippen molar-refractivity contribution in [1.29, 1.82) is 0 Å². The van der Waals surface area contributed by atoms with Crippen molar-refractivity contribution in [2.24, 2.45) is 10.9 Å². The molecule has 1 rings (SSSR count). The Balaban J connectivity index is 3.00. The zero-order valence-electron chi connectivity index (χ0n) is 8.39. The molecule has 0 aromatic carbocycles. The fourth-order valence-electron chi connectivity index (χ4n) is 1.46. The van der Waals surface area contributed by atoms with Crippen LogP contribution in [0, 0.1) is 5.92 Å². The predicted octanol–water partition coefficient (Wildman–Crippen LogP) is 2.99. The van der Waals surface area contributed by atoms with E-state index in [0.717, 1.165) is 6.54 Å². The van der Waals surface area contributed by atoms with Crippen LogP contribution in [0.5, 0.6) is 0 Å². The smallest absolute Gasteiger partial charge is 0.0641 e. The van der Waals surface area contributed by atoms with Gasteiger partial charge < -0.3 is 0 Å². The van der Waals surface area contributed by atoms with Crippen molar-refractivity contribution < 1.29 is 0 Å². The van der Waals surface area contributed by atoms with Gasteiger partial charge in [0.1, 0.15) is 0 Å². The summed E-state index contributed by atoms with van der Waals surface area (Å²) in [5.74, 6) is 0.613. The van der Waals surface area contributed by atoms with Crippen molar-refractivity contribution in [2.75, 3.05) is 6.54 Å². The van der Waals surface area contributed by atoms with Gasteiger partial charge in [-0.2, -0.15) is 0 Å². The van der Waals surface area contributed by atoms with Crippen LogP contribution in [0.15, 0.2) is 27.8 Å². The number of hydrogen-bond donors (Lipinski definition) is 0. The largest absolute Gasteiger partial charge is 0.288 e. The third-order valence-electron chi connectivity index (χ3n) is 2.18. The quantitative estimate of drug-likeness (QED) is 0.563. The van der Waals surface area contributed by atoms with Gasteiger partial charge in [0.2, 0.25) is 0 Å². The van der Waals surface area contributed by atoms with Crippen molar-refractivity contribution in [1.82, 2.24) is 0 Å². The molecule has 0 radical (unpaired) electrons. The van der Waals surface area contributed by atoms with E-state index >= 15 is 0 Å². The lowest BCUT2D eigenvalue weighted by molar-refractivity contribution is 0.765. The highest BCUT2D eigenvalue weighted by atomic mass is 14.7. The third kappa shape index (κ3) is 1.84. The van der Waals surface area contributed by atoms with Gasteiger partial charge in [-0.3, -0.25) is 4.99 Å². The molecule has 0 unspecified atom stereocenters. The summed E-state index contributed by atoms with van der Waals surface area (Å²) < 4.78 is 0. The van der Waals surface area contributed by atoms with Crippen LogP contribution >= 0.6 is 0 Å². The number of dihydropyridines is 1. The first-order valence-electron chi connectivity index (χ1n) is 4.49. The lowest BCUT2D eigenvalue weighted by Gasteiger charge is -2.18. The second-order valence-corrected chi connectivity index (χ2v) is 3.75. The summed E-state index contributed by atoms with van der Waals surface area (Å²) >= 11 is 0. The number of aliphatic imine (C=N–C) groups is 1. The average Bonchev–Trinajstić information content (AvgIpc) is 2.04. The van der Waals surface area contributed by atoms with E-state index in [0.29, 0.717) is 5.92 Å². The van der Waals surface area contributed by atoms with Crippen LogP contribution in [0.4, 0.5) is 0 Å². The first-order chi connectivity index (χ1) is 5.63. The molecular formula is C11H17N. The minimum absolute atomic E-state index is 0.613. The Labute approximate surface area is 74.9 Å². The Hall–Kier alpha value is -0.850. The summed E-state index contributed by atoms with van der Waals surface area (Å²) in [5, 5.41) is 0. The molecule has 0 aromatic heterocycles. The fraction of sp³-hybridized carbons (Fsp3) is 0.545. The molecule has 1 aliphatic rings. The van der Waals surface area contributed by atoms with E-state index in [2.05, 4.69) is 38.8 Å². The van der Waals surface area contributed by atoms with E-state index in [1.807, 2.05) is 6.21 Å². The van der Waals surface area contributed by atoms with Crippen LogP contribution in [0.1, 0.15) is 27.7 Å². The van der Waals surface area contributed by atoms with Crippen LogP contribution in [0.25, 0.3) is 0 Å². The van der Waals surface area contributed by atoms with Gasteiger partial charge in [0.05, 0.1) is 6.54 Å². The number of allylic oxidation sites excluding steroid dienone is 2. The second-order valence-electron chi connectivity index (χ2n) is 3.75. The highest BCUT2D eigenvalue weighted by Gasteiger charge is 2.11. The molecule has 0 aromatic rings. The first-order valence-corrected chi connectivity index (χ1v) is 4.49. The normalized spacial score (nSPS) is 16.8. The standard InChI is InChI=1S/C11H17N/c1-8(2)10-5-6-12-7-11(10)9(3)4/h5-6,8H,7H2,1-4H3. The molecule has 0 saturated heterocycles. The molecule has 0 spiro atoms. The zero-order chi connectivity index (χ0) is 9.14. The molecule has 0 aliphatic carbocycles. The number of rotatable bonds is 1. The Morgan fingerprint density at radius 1 is 1.42 bits per heavy atom. The molecule has 1 heteroatoms. The van der Waals surface area contributed by atoms with E-state index in [-0.39, 0.29) is 0 Å². The molecule has 1 nitrogen and oxygen atoms in total. The second kappa shape index (κ2) is 3.70. The zero-order valence-corrected chi connectivity index (χ0v) is 8.39. The monoisotopic (exact) mass is 163 g/mol. The lowest BCUT2D eigenvalue weighted by Crippen LogP contribution is -2.07. The molecule has 0 saturated carbocycles. The summed E-state index contributed by atoms with van der Waals surface area (Å²) in [5.41, 5.74) is 4.27. The van der Waals surface area contributed by atoms with Gasteiger partial charge in [0.25, 0.3) is 0 Å². The van der Waals surface area contributed by atoms with E-state index in [1.54, 1.807) is 0 Å². The SMILES string of the molecule is CC(C)=C1CN=CC=C1C(C)C. The highest BCUT2D eigenvalue weighted by Crippen LogP contribution is 2.24. The maximum Gasteiger partial charge on any atom is 0.0641 e. The van der Waals surface area contributed by atoms with E-state index in [9.17, 15) is 0 Å². The molecule has 66 valence electrons. The Bertz CT molecular complexity index is 250. The van der Waals surface area contributed by atoms with Crippen LogP contribution in [0.3, 0.4) is 0 Å². The van der Waals surface area contributed by atoms with Crippen LogP contribution in [-0.2, 0) is 0 Å². The van der Waals surface area contributed by atoms with E-state index < -0.39 is 0 Å². The van der Waals surface area contributed by atoms with Gasteiger partial charge >= 0.3 is 0 Å². The molecule has 0 N–H and O–H groups in total. The fourth-order valence-corrected chi connectivity index (χ4v) is 1.46. The van der Waals surface area contributed by atoms with Crippen molar-refractivity contribution in [3.8, 4) is 0 Å². The van der Waals surface area contributed by atoms with Crippen molar-refractivity contribution in [3.63, 3.8) is 0 Å². The van der Waals surface area contributed by atoms with Crippen molar-refractivity contribution in [2.45, 2.75) is 27.7 Å². The maximum atomic E-state index is 4.25. The molecule has 1 aliphatic heterocycles.